The van der Waals surface area contributed by atoms with Gasteiger partial charge in [0.1, 0.15) is 26.4 Å². The first-order valence-corrected chi connectivity index (χ1v) is 29.7. The second-order valence-electron chi connectivity index (χ2n) is 19.3. The van der Waals surface area contributed by atoms with E-state index in [0.717, 1.165) is 0 Å². The van der Waals surface area contributed by atoms with Crippen molar-refractivity contribution < 1.29 is 95.0 Å². The second-order valence-corrected chi connectivity index (χ2v) is 19.3. The molecule has 0 aliphatic heterocycles. The van der Waals surface area contributed by atoms with Gasteiger partial charge in [0.15, 0.2) is 0 Å². The quantitative estimate of drug-likeness (QED) is 0.0320. The van der Waals surface area contributed by atoms with Crippen molar-refractivity contribution in [3.05, 3.63) is 116 Å². The third kappa shape index (κ3) is 32.3. The lowest BCUT2D eigenvalue weighted by Gasteiger charge is -2.22. The smallest absolute Gasteiger partial charge is 0.338 e. The van der Waals surface area contributed by atoms with Crippen LogP contribution in [0.3, 0.4) is 0 Å². The molecule has 2 aliphatic carbocycles. The minimum absolute atomic E-state index is 0.0261. The highest BCUT2D eigenvalue weighted by atomic mass is 16.6. The number of allylic oxidation sites excluding steroid dienone is 2. The predicted octanol–water partition coefficient (Wildman–Crippen LogP) is 4.90. The van der Waals surface area contributed by atoms with E-state index in [9.17, 15) is 19.2 Å². The van der Waals surface area contributed by atoms with E-state index in [2.05, 4.69) is 94.7 Å². The van der Waals surface area contributed by atoms with Crippen LogP contribution in [0.25, 0.3) is 0 Å². The summed E-state index contributed by atoms with van der Waals surface area (Å²) in [6.45, 7) is 6.66. The summed E-state index contributed by atoms with van der Waals surface area (Å²) in [7, 11) is 6.35. The van der Waals surface area contributed by atoms with Crippen LogP contribution in [0.2, 0.25) is 0 Å². The maximum absolute atomic E-state index is 13.6. The molecule has 92 heavy (non-hydrogen) atoms. The van der Waals surface area contributed by atoms with Gasteiger partial charge in [-0.2, -0.15) is 0 Å². The number of carbonyl (C=O) groups excluding carboxylic acids is 4. The van der Waals surface area contributed by atoms with Crippen molar-refractivity contribution in [1.29, 1.82) is 0 Å². The molecule has 0 saturated heterocycles. The molecule has 0 radical (unpaired) electrons. The normalized spacial score (nSPS) is 13.4. The van der Waals surface area contributed by atoms with Gasteiger partial charge in [-0.05, 0) is 115 Å². The number of esters is 4. The highest BCUT2D eigenvalue weighted by Gasteiger charge is 2.28. The Kier molecular flexibility index (Phi) is 38.0. The summed E-state index contributed by atoms with van der Waals surface area (Å²) < 4.78 is 86.2. The lowest BCUT2D eigenvalue weighted by atomic mass is 9.82. The molecule has 0 saturated carbocycles. The van der Waals surface area contributed by atoms with Gasteiger partial charge in [-0.15, -0.1) is 0 Å². The summed E-state index contributed by atoms with van der Waals surface area (Å²) >= 11 is 0. The summed E-state index contributed by atoms with van der Waals surface area (Å²) in [6.07, 6.45) is 2.44. The predicted molar refractivity (Wildman–Crippen MR) is 336 cm³/mol. The highest BCUT2D eigenvalue weighted by Crippen LogP contribution is 2.29. The molecule has 484 valence electrons. The molecule has 20 heteroatoms. The molecule has 20 nitrogen and oxygen atoms in total. The van der Waals surface area contributed by atoms with Crippen LogP contribution in [0.1, 0.15) is 77.3 Å². The van der Waals surface area contributed by atoms with E-state index in [1.54, 1.807) is 83.0 Å². The van der Waals surface area contributed by atoms with Crippen LogP contribution >= 0.6 is 0 Å². The van der Waals surface area contributed by atoms with E-state index in [0.29, 0.717) is 151 Å². The molecule has 3 aromatic rings. The largest absolute Gasteiger partial charge is 0.463 e. The first-order chi connectivity index (χ1) is 45.2. The monoisotopic (exact) mass is 1260 g/mol. The number of ether oxygens (including phenoxy) is 16. The summed E-state index contributed by atoms with van der Waals surface area (Å²) in [5, 5.41) is 0. The third-order valence-electron chi connectivity index (χ3n) is 12.3. The zero-order valence-corrected chi connectivity index (χ0v) is 52.5. The molecule has 0 heterocycles. The van der Waals surface area contributed by atoms with E-state index in [4.69, 9.17) is 75.8 Å². The number of carbonyl (C=O) groups is 4. The fraction of sp³-hybridized carbons (Fsp3) is 0.444. The number of fused-ring (bicyclic) bond motifs is 7. The molecule has 3 aromatic carbocycles. The topological polar surface area (TPSA) is 216 Å². The molecule has 0 fully saturated rings. The molecule has 2 atom stereocenters. The van der Waals surface area contributed by atoms with Gasteiger partial charge in [0.25, 0.3) is 0 Å². The van der Waals surface area contributed by atoms with Crippen LogP contribution in [-0.4, -0.2) is 211 Å². The summed E-state index contributed by atoms with van der Waals surface area (Å²) in [6, 6.07) is 14.3. The Labute approximate surface area is 539 Å². The van der Waals surface area contributed by atoms with Crippen LogP contribution in [-0.2, 0) is 80.6 Å². The lowest BCUT2D eigenvalue weighted by Crippen LogP contribution is -2.25. The first kappa shape index (κ1) is 74.0. The Balaban J connectivity index is 1.50. The average molecular weight is 1260 g/mol. The van der Waals surface area contributed by atoms with E-state index < -0.39 is 35.7 Å². The van der Waals surface area contributed by atoms with E-state index >= 15 is 0 Å². The molecule has 0 N–H and O–H groups in total. The van der Waals surface area contributed by atoms with Crippen molar-refractivity contribution in [3.63, 3.8) is 0 Å². The summed E-state index contributed by atoms with van der Waals surface area (Å²) in [4.78, 5) is 54.0. The summed E-state index contributed by atoms with van der Waals surface area (Å²) in [5.41, 5.74) is 3.37. The van der Waals surface area contributed by atoms with Crippen molar-refractivity contribution >= 4 is 23.9 Å². The van der Waals surface area contributed by atoms with Crippen LogP contribution in [0.4, 0.5) is 0 Å². The van der Waals surface area contributed by atoms with Crippen molar-refractivity contribution in [1.82, 2.24) is 0 Å². The van der Waals surface area contributed by atoms with Gasteiger partial charge in [-0.1, -0.05) is 53.4 Å². The molecular formula is C72H76O20. The van der Waals surface area contributed by atoms with Crippen LogP contribution < -0.4 is 0 Å². The van der Waals surface area contributed by atoms with Gasteiger partial charge < -0.3 is 75.8 Å². The van der Waals surface area contributed by atoms with E-state index in [-0.39, 0.29) is 76.0 Å². The van der Waals surface area contributed by atoms with Crippen LogP contribution in [0.5, 0.6) is 0 Å². The van der Waals surface area contributed by atoms with Crippen molar-refractivity contribution in [2.45, 2.75) is 12.8 Å². The molecule has 0 spiro atoms. The zero-order chi connectivity index (χ0) is 65.3. The Bertz CT molecular complexity index is 3420. The summed E-state index contributed by atoms with van der Waals surface area (Å²) in [5.74, 6) is 43.7. The maximum Gasteiger partial charge on any atom is 0.338 e. The fourth-order valence-corrected chi connectivity index (χ4v) is 7.94. The molecular weight excluding hydrogens is 1180 g/mol. The van der Waals surface area contributed by atoms with E-state index in [1.165, 1.54) is 0 Å². The zero-order valence-electron chi connectivity index (χ0n) is 52.5. The number of hydrogen-bond acceptors (Lipinski definition) is 20. The maximum atomic E-state index is 13.6. The average Bonchev–Trinajstić information content (AvgIpc) is 1.31. The lowest BCUT2D eigenvalue weighted by molar-refractivity contribution is -0.150. The minimum atomic E-state index is -0.653. The molecule has 0 aromatic heterocycles. The minimum Gasteiger partial charge on any atom is -0.463 e. The number of benzene rings is 3. The van der Waals surface area contributed by atoms with Gasteiger partial charge in [-0.25, -0.2) is 14.4 Å². The third-order valence-corrected chi connectivity index (χ3v) is 12.3. The number of methoxy groups -OCH3 is 4. The Morgan fingerprint density at radius 2 is 0.587 bits per heavy atom. The SMILES string of the molecule is COCCOCCOCCOC(=O)c1cc2cc(c1)C#CC#Cc1cc(cc(C(=O)OCCOCCOCCOC)c1)C#CC#Cc1cc(cc(C(=O)OCCOCCOCCOC)c1)C#CC#CC1C=C(C#CC#C2)CC(C(=O)OCCOCCOCCOC)C1. The second kappa shape index (κ2) is 47.2. The molecule has 8 bridgehead atoms. The van der Waals surface area contributed by atoms with Gasteiger partial charge in [-0.3, -0.25) is 4.79 Å². The van der Waals surface area contributed by atoms with Gasteiger partial charge in [0, 0.05) is 73.3 Å². The Morgan fingerprint density at radius 3 is 0.891 bits per heavy atom. The number of hydrogen-bond donors (Lipinski definition) is 0. The van der Waals surface area contributed by atoms with Gasteiger partial charge >= 0.3 is 23.9 Å². The fourth-order valence-electron chi connectivity index (χ4n) is 7.94. The van der Waals surface area contributed by atoms with E-state index in [1.807, 2.05) is 6.08 Å². The molecule has 2 aliphatic rings. The Hall–Kier alpha value is -8.72. The Morgan fingerprint density at radius 1 is 0.326 bits per heavy atom. The molecule has 5 rings (SSSR count). The van der Waals surface area contributed by atoms with Crippen LogP contribution in [0.15, 0.2) is 66.2 Å². The molecule has 0 amide bonds. The standard InChI is InChI=1S/C72H76O20/c1-77-21-25-81-29-33-85-37-41-89-69(73)65-49-57-13-5-7-15-59-46-61(53-66(51-59)70(74)90-42-38-86-34-30-82-26-22-78-2)17-9-11-19-63-48-64(56-68(55-63)72(76)92-44-40-88-36-32-84-28-24-80-4)20-12-10-18-62-47-60(16-8-6-14-58(45-57)50-65)52-67(54-62)71(75)91-43-39-87-35-31-83-27-23-79-3/h45-54,63,68H,21-44,55-56H2,1-4H3. The van der Waals surface area contributed by atoms with Gasteiger partial charge in [0.05, 0.1) is 155 Å². The van der Waals surface area contributed by atoms with Crippen molar-refractivity contribution in [2.75, 3.05) is 187 Å². The highest BCUT2D eigenvalue weighted by molar-refractivity contribution is 5.92. The van der Waals surface area contributed by atoms with Crippen molar-refractivity contribution in [3.8, 4) is 94.7 Å². The van der Waals surface area contributed by atoms with Crippen LogP contribution in [0, 0.1) is 107 Å². The number of rotatable bonds is 40. The first-order valence-electron chi connectivity index (χ1n) is 29.7. The molecule has 2 unspecified atom stereocenters. The van der Waals surface area contributed by atoms with Gasteiger partial charge in [0.2, 0.25) is 0 Å². The van der Waals surface area contributed by atoms with Crippen molar-refractivity contribution in [2.24, 2.45) is 11.8 Å².